The topological polar surface area (TPSA) is 37.3 Å². The Balaban J connectivity index is 2.46. The molecule has 0 aromatic rings. The second-order valence-corrected chi connectivity index (χ2v) is 6.17. The SMILES string of the molecule is CCSCCC1CC(CC)CCC1C(=O)O. The largest absolute Gasteiger partial charge is 0.481 e. The van der Waals surface area contributed by atoms with Crippen molar-refractivity contribution in [2.24, 2.45) is 17.8 Å². The van der Waals surface area contributed by atoms with Gasteiger partial charge in [0.2, 0.25) is 0 Å². The van der Waals surface area contributed by atoms with Crippen LogP contribution in [0, 0.1) is 17.8 Å². The minimum Gasteiger partial charge on any atom is -0.481 e. The maximum atomic E-state index is 11.2. The molecule has 0 aliphatic heterocycles. The van der Waals surface area contributed by atoms with Crippen LogP contribution in [-0.2, 0) is 4.79 Å². The third-order valence-corrected chi connectivity index (χ3v) is 4.76. The Morgan fingerprint density at radius 3 is 2.69 bits per heavy atom. The first kappa shape index (κ1) is 13.9. The predicted molar refractivity (Wildman–Crippen MR) is 69.9 cm³/mol. The Bertz CT molecular complexity index is 218. The summed E-state index contributed by atoms with van der Waals surface area (Å²) in [5.74, 6) is 2.83. The summed E-state index contributed by atoms with van der Waals surface area (Å²) < 4.78 is 0. The fraction of sp³-hybridized carbons (Fsp3) is 0.923. The highest BCUT2D eigenvalue weighted by molar-refractivity contribution is 7.99. The average molecular weight is 244 g/mol. The smallest absolute Gasteiger partial charge is 0.306 e. The molecule has 0 bridgehead atoms. The fourth-order valence-electron chi connectivity index (χ4n) is 2.76. The van der Waals surface area contributed by atoms with Gasteiger partial charge in [-0.15, -0.1) is 0 Å². The molecule has 0 spiro atoms. The molecule has 3 heteroatoms. The number of carboxylic acid groups (broad SMARTS) is 1. The molecule has 3 unspecified atom stereocenters. The normalized spacial score (nSPS) is 30.2. The van der Waals surface area contributed by atoms with Gasteiger partial charge in [-0.05, 0) is 49.0 Å². The lowest BCUT2D eigenvalue weighted by molar-refractivity contribution is -0.145. The summed E-state index contributed by atoms with van der Waals surface area (Å²) in [7, 11) is 0. The lowest BCUT2D eigenvalue weighted by atomic mass is 9.72. The zero-order valence-corrected chi connectivity index (χ0v) is 11.3. The van der Waals surface area contributed by atoms with Gasteiger partial charge in [-0.3, -0.25) is 4.79 Å². The molecule has 1 fully saturated rings. The highest BCUT2D eigenvalue weighted by Gasteiger charge is 2.33. The first-order valence-corrected chi connectivity index (χ1v) is 7.65. The summed E-state index contributed by atoms with van der Waals surface area (Å²) in [5, 5.41) is 9.22. The third-order valence-electron chi connectivity index (χ3n) is 3.82. The van der Waals surface area contributed by atoms with Crippen LogP contribution in [0.1, 0.15) is 46.0 Å². The van der Waals surface area contributed by atoms with E-state index in [2.05, 4.69) is 13.8 Å². The second kappa shape index (κ2) is 7.21. The standard InChI is InChI=1S/C13H24O2S/c1-3-10-5-6-12(13(14)15)11(9-10)7-8-16-4-2/h10-12H,3-9H2,1-2H3,(H,14,15). The van der Waals surface area contributed by atoms with E-state index in [4.69, 9.17) is 0 Å². The van der Waals surface area contributed by atoms with Crippen LogP contribution >= 0.6 is 11.8 Å². The summed E-state index contributed by atoms with van der Waals surface area (Å²) in [6.07, 6.45) is 5.45. The van der Waals surface area contributed by atoms with Crippen LogP contribution in [-0.4, -0.2) is 22.6 Å². The van der Waals surface area contributed by atoms with Crippen molar-refractivity contribution in [3.63, 3.8) is 0 Å². The lowest BCUT2D eigenvalue weighted by Gasteiger charge is -2.33. The molecular weight excluding hydrogens is 220 g/mol. The van der Waals surface area contributed by atoms with Gasteiger partial charge in [-0.1, -0.05) is 20.3 Å². The van der Waals surface area contributed by atoms with Crippen molar-refractivity contribution in [1.29, 1.82) is 0 Å². The van der Waals surface area contributed by atoms with Gasteiger partial charge in [0.05, 0.1) is 5.92 Å². The average Bonchev–Trinajstić information content (AvgIpc) is 2.29. The van der Waals surface area contributed by atoms with Crippen LogP contribution in [0.5, 0.6) is 0 Å². The molecule has 0 aromatic carbocycles. The van der Waals surface area contributed by atoms with Crippen molar-refractivity contribution >= 4 is 17.7 Å². The minimum absolute atomic E-state index is 0.0692. The van der Waals surface area contributed by atoms with Gasteiger partial charge in [-0.2, -0.15) is 11.8 Å². The number of hydrogen-bond acceptors (Lipinski definition) is 2. The molecule has 94 valence electrons. The zero-order chi connectivity index (χ0) is 12.0. The highest BCUT2D eigenvalue weighted by atomic mass is 32.2. The number of carboxylic acids is 1. The summed E-state index contributed by atoms with van der Waals surface area (Å²) in [6.45, 7) is 4.39. The van der Waals surface area contributed by atoms with Gasteiger partial charge in [-0.25, -0.2) is 0 Å². The summed E-state index contributed by atoms with van der Waals surface area (Å²) in [6, 6.07) is 0. The number of carbonyl (C=O) groups is 1. The van der Waals surface area contributed by atoms with Gasteiger partial charge < -0.3 is 5.11 Å². The van der Waals surface area contributed by atoms with E-state index in [1.807, 2.05) is 11.8 Å². The van der Waals surface area contributed by atoms with Gasteiger partial charge in [0.15, 0.2) is 0 Å². The van der Waals surface area contributed by atoms with E-state index >= 15 is 0 Å². The molecule has 1 N–H and O–H groups in total. The molecule has 1 aliphatic carbocycles. The molecular formula is C13H24O2S. The zero-order valence-electron chi connectivity index (χ0n) is 10.4. The van der Waals surface area contributed by atoms with Crippen LogP contribution in [0.3, 0.4) is 0 Å². The minimum atomic E-state index is -0.568. The molecule has 3 atom stereocenters. The van der Waals surface area contributed by atoms with Gasteiger partial charge in [0, 0.05) is 0 Å². The Morgan fingerprint density at radius 2 is 2.12 bits per heavy atom. The first-order valence-electron chi connectivity index (χ1n) is 6.49. The predicted octanol–water partition coefficient (Wildman–Crippen LogP) is 3.66. The first-order chi connectivity index (χ1) is 7.69. The highest BCUT2D eigenvalue weighted by Crippen LogP contribution is 2.38. The Kier molecular flexibility index (Phi) is 6.25. The molecule has 0 saturated heterocycles. The summed E-state index contributed by atoms with van der Waals surface area (Å²) in [5.41, 5.74) is 0. The van der Waals surface area contributed by atoms with E-state index in [-0.39, 0.29) is 5.92 Å². The van der Waals surface area contributed by atoms with E-state index in [9.17, 15) is 9.90 Å². The number of thioether (sulfide) groups is 1. The van der Waals surface area contributed by atoms with Crippen molar-refractivity contribution < 1.29 is 9.90 Å². The van der Waals surface area contributed by atoms with Crippen molar-refractivity contribution in [1.82, 2.24) is 0 Å². The molecule has 0 aromatic heterocycles. The molecule has 0 radical (unpaired) electrons. The molecule has 2 nitrogen and oxygen atoms in total. The summed E-state index contributed by atoms with van der Waals surface area (Å²) in [4.78, 5) is 11.2. The van der Waals surface area contributed by atoms with E-state index in [0.717, 1.165) is 43.1 Å². The quantitative estimate of drug-likeness (QED) is 0.725. The maximum absolute atomic E-state index is 11.2. The number of aliphatic carboxylic acids is 1. The fourth-order valence-corrected chi connectivity index (χ4v) is 3.51. The molecule has 0 heterocycles. The molecule has 0 amide bonds. The summed E-state index contributed by atoms with van der Waals surface area (Å²) >= 11 is 1.93. The molecule has 16 heavy (non-hydrogen) atoms. The molecule has 1 aliphatic rings. The monoisotopic (exact) mass is 244 g/mol. The van der Waals surface area contributed by atoms with Crippen LogP contribution in [0.4, 0.5) is 0 Å². The maximum Gasteiger partial charge on any atom is 0.306 e. The van der Waals surface area contributed by atoms with E-state index in [1.165, 1.54) is 6.42 Å². The lowest BCUT2D eigenvalue weighted by Crippen LogP contribution is -2.31. The van der Waals surface area contributed by atoms with Gasteiger partial charge in [0.1, 0.15) is 0 Å². The Morgan fingerprint density at radius 1 is 1.38 bits per heavy atom. The van der Waals surface area contributed by atoms with Crippen LogP contribution in [0.2, 0.25) is 0 Å². The van der Waals surface area contributed by atoms with E-state index in [0.29, 0.717) is 5.92 Å². The van der Waals surface area contributed by atoms with Crippen molar-refractivity contribution in [2.75, 3.05) is 11.5 Å². The van der Waals surface area contributed by atoms with Crippen LogP contribution in [0.15, 0.2) is 0 Å². The molecule has 1 rings (SSSR count). The van der Waals surface area contributed by atoms with E-state index in [1.54, 1.807) is 0 Å². The van der Waals surface area contributed by atoms with E-state index < -0.39 is 5.97 Å². The van der Waals surface area contributed by atoms with Crippen LogP contribution in [0.25, 0.3) is 0 Å². The van der Waals surface area contributed by atoms with Crippen molar-refractivity contribution in [3.8, 4) is 0 Å². The second-order valence-electron chi connectivity index (χ2n) is 4.78. The van der Waals surface area contributed by atoms with Gasteiger partial charge >= 0.3 is 5.97 Å². The Hall–Kier alpha value is -0.180. The Labute approximate surface area is 103 Å². The molecule has 1 saturated carbocycles. The number of rotatable bonds is 6. The number of hydrogen-bond donors (Lipinski definition) is 1. The van der Waals surface area contributed by atoms with Crippen molar-refractivity contribution in [3.05, 3.63) is 0 Å². The van der Waals surface area contributed by atoms with Crippen LogP contribution < -0.4 is 0 Å². The van der Waals surface area contributed by atoms with Gasteiger partial charge in [0.25, 0.3) is 0 Å². The third kappa shape index (κ3) is 4.00. The van der Waals surface area contributed by atoms with Crippen molar-refractivity contribution in [2.45, 2.75) is 46.0 Å².